The minimum atomic E-state index is -0.699. The van der Waals surface area contributed by atoms with E-state index in [1.54, 1.807) is 0 Å². The van der Waals surface area contributed by atoms with Crippen LogP contribution in [0.1, 0.15) is 31.5 Å². The number of carboxylic acids is 1. The molecule has 4 nitrogen and oxygen atoms in total. The number of aliphatic carboxylic acids is 1. The molecule has 3 rings (SSSR count). The fourth-order valence-electron chi connectivity index (χ4n) is 2.59. The van der Waals surface area contributed by atoms with Crippen LogP contribution in [0, 0.1) is 5.92 Å². The summed E-state index contributed by atoms with van der Waals surface area (Å²) in [5.74, 6) is 0.111. The molecule has 2 aromatic rings. The van der Waals surface area contributed by atoms with Crippen LogP contribution in [0.4, 0.5) is 0 Å². The summed E-state index contributed by atoms with van der Waals surface area (Å²) in [4.78, 5) is 15.6. The zero-order valence-electron chi connectivity index (χ0n) is 10.3. The largest absolute Gasteiger partial charge is 0.481 e. The quantitative estimate of drug-likeness (QED) is 0.899. The van der Waals surface area contributed by atoms with Gasteiger partial charge in [-0.2, -0.15) is 0 Å². The Bertz CT molecular complexity index is 603. The molecule has 1 aromatic carbocycles. The van der Waals surface area contributed by atoms with Crippen molar-refractivity contribution in [2.75, 3.05) is 0 Å². The van der Waals surface area contributed by atoms with Crippen molar-refractivity contribution in [2.45, 2.75) is 32.2 Å². The van der Waals surface area contributed by atoms with E-state index in [0.29, 0.717) is 0 Å². The molecule has 1 aliphatic rings. The monoisotopic (exact) mass is 244 g/mol. The number of aryl methyl sites for hydroxylation is 1. The van der Waals surface area contributed by atoms with E-state index in [9.17, 15) is 4.79 Å². The molecule has 18 heavy (non-hydrogen) atoms. The number of rotatable bonds is 4. The van der Waals surface area contributed by atoms with E-state index in [1.165, 1.54) is 0 Å². The van der Waals surface area contributed by atoms with Gasteiger partial charge in [-0.25, -0.2) is 4.98 Å². The standard InChI is InChI=1S/C14H16N2O2/c1-2-7-16-12-6-4-3-5-11(12)15-13(16)9-8-10(9)14(17)18/h3-6,9-10H,2,7-8H2,1H3,(H,17,18). The Kier molecular flexibility index (Phi) is 2.58. The Labute approximate surface area is 105 Å². The van der Waals surface area contributed by atoms with Crippen molar-refractivity contribution in [2.24, 2.45) is 5.92 Å². The van der Waals surface area contributed by atoms with Crippen LogP contribution in [0.15, 0.2) is 24.3 Å². The first kappa shape index (κ1) is 11.3. The topological polar surface area (TPSA) is 55.1 Å². The van der Waals surface area contributed by atoms with Crippen LogP contribution in [-0.4, -0.2) is 20.6 Å². The lowest BCUT2D eigenvalue weighted by Gasteiger charge is -2.06. The van der Waals surface area contributed by atoms with Crippen LogP contribution >= 0.6 is 0 Å². The van der Waals surface area contributed by atoms with Crippen molar-refractivity contribution in [1.29, 1.82) is 0 Å². The summed E-state index contributed by atoms with van der Waals surface area (Å²) in [5.41, 5.74) is 2.09. The first-order chi connectivity index (χ1) is 8.72. The lowest BCUT2D eigenvalue weighted by Crippen LogP contribution is -2.05. The Morgan fingerprint density at radius 2 is 2.28 bits per heavy atom. The second-order valence-electron chi connectivity index (χ2n) is 4.90. The van der Waals surface area contributed by atoms with Gasteiger partial charge < -0.3 is 9.67 Å². The predicted molar refractivity (Wildman–Crippen MR) is 68.5 cm³/mol. The van der Waals surface area contributed by atoms with Crippen LogP contribution in [0.3, 0.4) is 0 Å². The van der Waals surface area contributed by atoms with Crippen LogP contribution in [0.5, 0.6) is 0 Å². The molecule has 4 heteroatoms. The van der Waals surface area contributed by atoms with Crippen molar-refractivity contribution in [3.63, 3.8) is 0 Å². The molecular weight excluding hydrogens is 228 g/mol. The fraction of sp³-hybridized carbons (Fsp3) is 0.429. The number of nitrogens with zero attached hydrogens (tertiary/aromatic N) is 2. The fourth-order valence-corrected chi connectivity index (χ4v) is 2.59. The maximum absolute atomic E-state index is 11.0. The maximum atomic E-state index is 11.0. The summed E-state index contributed by atoms with van der Waals surface area (Å²) in [6.45, 7) is 3.03. The molecule has 1 saturated carbocycles. The number of benzene rings is 1. The number of hydrogen-bond acceptors (Lipinski definition) is 2. The number of para-hydroxylation sites is 2. The molecular formula is C14H16N2O2. The second-order valence-corrected chi connectivity index (χ2v) is 4.90. The van der Waals surface area contributed by atoms with E-state index >= 15 is 0 Å². The molecule has 0 radical (unpaired) electrons. The van der Waals surface area contributed by atoms with Crippen LogP contribution < -0.4 is 0 Å². The number of carbonyl (C=O) groups is 1. The molecule has 1 aromatic heterocycles. The average Bonchev–Trinajstić information content (AvgIpc) is 3.08. The molecule has 0 saturated heterocycles. The Morgan fingerprint density at radius 1 is 1.50 bits per heavy atom. The molecule has 0 bridgehead atoms. The van der Waals surface area contributed by atoms with Crippen LogP contribution in [-0.2, 0) is 11.3 Å². The SMILES string of the molecule is CCCn1c(C2CC2C(=O)O)nc2ccccc21. The van der Waals surface area contributed by atoms with Gasteiger partial charge in [-0.1, -0.05) is 19.1 Å². The Balaban J connectivity index is 2.06. The summed E-state index contributed by atoms with van der Waals surface area (Å²) in [6.07, 6.45) is 1.75. The summed E-state index contributed by atoms with van der Waals surface area (Å²) in [7, 11) is 0. The van der Waals surface area contributed by atoms with E-state index in [4.69, 9.17) is 5.11 Å². The van der Waals surface area contributed by atoms with Crippen molar-refractivity contribution in [1.82, 2.24) is 9.55 Å². The highest BCUT2D eigenvalue weighted by atomic mass is 16.4. The number of carboxylic acid groups (broad SMARTS) is 1. The smallest absolute Gasteiger partial charge is 0.307 e. The van der Waals surface area contributed by atoms with Gasteiger partial charge in [0.05, 0.1) is 17.0 Å². The van der Waals surface area contributed by atoms with Gasteiger partial charge in [-0.15, -0.1) is 0 Å². The van der Waals surface area contributed by atoms with E-state index in [1.807, 2.05) is 18.2 Å². The van der Waals surface area contributed by atoms with Gasteiger partial charge in [0, 0.05) is 12.5 Å². The van der Waals surface area contributed by atoms with Crippen molar-refractivity contribution >= 4 is 17.0 Å². The predicted octanol–water partition coefficient (Wildman–Crippen LogP) is 2.63. The zero-order valence-corrected chi connectivity index (χ0v) is 10.3. The number of imidazole rings is 1. The molecule has 2 unspecified atom stereocenters. The second kappa shape index (κ2) is 4.12. The third-order valence-electron chi connectivity index (χ3n) is 3.57. The third-order valence-corrected chi connectivity index (χ3v) is 3.57. The average molecular weight is 244 g/mol. The maximum Gasteiger partial charge on any atom is 0.307 e. The molecule has 1 N–H and O–H groups in total. The van der Waals surface area contributed by atoms with Gasteiger partial charge in [0.25, 0.3) is 0 Å². The minimum Gasteiger partial charge on any atom is -0.481 e. The third kappa shape index (κ3) is 1.68. The van der Waals surface area contributed by atoms with Gasteiger partial charge in [0.2, 0.25) is 0 Å². The summed E-state index contributed by atoms with van der Waals surface area (Å²) in [6, 6.07) is 8.02. The molecule has 94 valence electrons. The number of fused-ring (bicyclic) bond motifs is 1. The normalized spacial score (nSPS) is 22.3. The number of hydrogen-bond donors (Lipinski definition) is 1. The van der Waals surface area contributed by atoms with Gasteiger partial charge in [-0.05, 0) is 25.0 Å². The van der Waals surface area contributed by atoms with E-state index in [2.05, 4.69) is 22.5 Å². The van der Waals surface area contributed by atoms with Crippen molar-refractivity contribution < 1.29 is 9.90 Å². The molecule has 1 aliphatic carbocycles. The molecule has 0 amide bonds. The van der Waals surface area contributed by atoms with Gasteiger partial charge in [0.15, 0.2) is 0 Å². The first-order valence-electron chi connectivity index (χ1n) is 6.40. The summed E-state index contributed by atoms with van der Waals surface area (Å²) >= 11 is 0. The zero-order chi connectivity index (χ0) is 12.7. The van der Waals surface area contributed by atoms with Crippen molar-refractivity contribution in [3.05, 3.63) is 30.1 Å². The van der Waals surface area contributed by atoms with Crippen molar-refractivity contribution in [3.8, 4) is 0 Å². The highest BCUT2D eigenvalue weighted by Crippen LogP contribution is 2.47. The minimum absolute atomic E-state index is 0.0986. The highest BCUT2D eigenvalue weighted by Gasteiger charge is 2.47. The lowest BCUT2D eigenvalue weighted by molar-refractivity contribution is -0.138. The highest BCUT2D eigenvalue weighted by molar-refractivity contribution is 5.78. The summed E-state index contributed by atoms with van der Waals surface area (Å²) < 4.78 is 2.18. The van der Waals surface area contributed by atoms with Gasteiger partial charge in [0.1, 0.15) is 5.82 Å². The van der Waals surface area contributed by atoms with E-state index < -0.39 is 5.97 Å². The molecule has 1 heterocycles. The Morgan fingerprint density at radius 3 is 2.94 bits per heavy atom. The molecule has 0 spiro atoms. The van der Waals surface area contributed by atoms with E-state index in [-0.39, 0.29) is 11.8 Å². The molecule has 2 atom stereocenters. The lowest BCUT2D eigenvalue weighted by atomic mass is 10.3. The molecule has 1 fully saturated rings. The Hall–Kier alpha value is -1.84. The van der Waals surface area contributed by atoms with Crippen LogP contribution in [0.25, 0.3) is 11.0 Å². The summed E-state index contributed by atoms with van der Waals surface area (Å²) in [5, 5.41) is 9.04. The number of aromatic nitrogens is 2. The van der Waals surface area contributed by atoms with Crippen LogP contribution in [0.2, 0.25) is 0 Å². The first-order valence-corrected chi connectivity index (χ1v) is 6.40. The molecule has 0 aliphatic heterocycles. The van der Waals surface area contributed by atoms with Gasteiger partial charge >= 0.3 is 5.97 Å². The van der Waals surface area contributed by atoms with E-state index in [0.717, 1.165) is 36.2 Å². The van der Waals surface area contributed by atoms with Gasteiger partial charge in [-0.3, -0.25) is 4.79 Å².